The van der Waals surface area contributed by atoms with Crippen LogP contribution < -0.4 is 46.6 Å². The van der Waals surface area contributed by atoms with Crippen molar-refractivity contribution in [3.63, 3.8) is 0 Å². The molecule has 21 nitrogen and oxygen atoms in total. The van der Waals surface area contributed by atoms with E-state index in [4.69, 9.17) is 15.0 Å². The summed E-state index contributed by atoms with van der Waals surface area (Å²) in [6, 6.07) is 18.2. The zero-order valence-electron chi connectivity index (χ0n) is 51.7. The van der Waals surface area contributed by atoms with Crippen LogP contribution in [0.4, 0.5) is 52.2 Å². The van der Waals surface area contributed by atoms with Crippen molar-refractivity contribution < 1.29 is 4.79 Å². The van der Waals surface area contributed by atoms with Gasteiger partial charge in [-0.1, -0.05) is 44.9 Å². The first-order valence-electron chi connectivity index (χ1n) is 32.4. The van der Waals surface area contributed by atoms with Crippen LogP contribution in [0.15, 0.2) is 91.9 Å². The summed E-state index contributed by atoms with van der Waals surface area (Å²) < 4.78 is 6.91. The van der Waals surface area contributed by atoms with Crippen LogP contribution in [0.1, 0.15) is 136 Å². The lowest BCUT2D eigenvalue weighted by Crippen LogP contribution is -2.43. The summed E-state index contributed by atoms with van der Waals surface area (Å²) in [6.07, 6.45) is 30.2. The van der Waals surface area contributed by atoms with Crippen LogP contribution in [0.2, 0.25) is 0 Å². The normalized spacial score (nSPS) is 17.9. The van der Waals surface area contributed by atoms with Crippen LogP contribution in [0.25, 0.3) is 33.1 Å². The highest BCUT2D eigenvalue weighted by Gasteiger charge is 2.28. The molecule has 9 aromatic rings. The lowest BCUT2D eigenvalue weighted by atomic mass is 9.95. The third-order valence-electron chi connectivity index (χ3n) is 18.8. The minimum absolute atomic E-state index is 0.0976. The second-order valence-corrected chi connectivity index (χ2v) is 24.7. The number of nitrogens with one attached hydrogen (secondary N) is 6. The van der Waals surface area contributed by atoms with E-state index in [1.54, 1.807) is 6.92 Å². The summed E-state index contributed by atoms with van der Waals surface area (Å²) in [7, 11) is 0. The van der Waals surface area contributed by atoms with E-state index in [9.17, 15) is 4.79 Å². The van der Waals surface area contributed by atoms with E-state index in [1.807, 2.05) is 50.0 Å². The number of carbonyl (C=O) groups is 1. The number of ketones is 1. The molecule has 3 saturated carbocycles. The Morgan fingerprint density at radius 3 is 1.28 bits per heavy atom. The fraction of sp³-hybridized carbons (Fsp3) is 0.478. The SMILES string of the molecule is CC(=O)c1c(C)c2cnc(Nc3ccc(N4CCNCC4)cc3)nc2n1C1CCCC1.Cc1cn(C2CCCC2)c2nc(Nc3ccc(N4CCNCC4)cn3)ncc12.Cc1cn(C2CCCCC2)c2nc(Nc3ccc(N4CCNCC4)cn3)ncc12. The molecule has 6 fully saturated rings. The van der Waals surface area contributed by atoms with E-state index in [2.05, 4.69) is 148 Å². The largest absolute Gasteiger partial charge is 0.369 e. The fourth-order valence-corrected chi connectivity index (χ4v) is 14.0. The van der Waals surface area contributed by atoms with Gasteiger partial charge in [0.05, 0.1) is 29.5 Å². The maximum absolute atomic E-state index is 12.5. The van der Waals surface area contributed by atoms with Crippen LogP contribution in [0.5, 0.6) is 0 Å². The summed E-state index contributed by atoms with van der Waals surface area (Å²) in [5.41, 5.74) is 11.7. The number of pyridine rings is 2. The van der Waals surface area contributed by atoms with Crippen LogP contribution in [0.3, 0.4) is 0 Å². The van der Waals surface area contributed by atoms with Crippen molar-refractivity contribution in [2.75, 3.05) is 109 Å². The molecular formula is C67H86N20O. The summed E-state index contributed by atoms with van der Waals surface area (Å²) in [5.74, 6) is 3.42. The number of piperazine rings is 3. The van der Waals surface area contributed by atoms with Gasteiger partial charge in [0, 0.05) is 162 Å². The Hall–Kier alpha value is -8.27. The Balaban J connectivity index is 0.000000122. The van der Waals surface area contributed by atoms with Crippen molar-refractivity contribution in [2.24, 2.45) is 0 Å². The molecule has 6 N–H and O–H groups in total. The molecule has 8 aromatic heterocycles. The highest BCUT2D eigenvalue weighted by atomic mass is 16.1. The Kier molecular flexibility index (Phi) is 18.0. The highest BCUT2D eigenvalue weighted by molar-refractivity contribution is 6.01. The van der Waals surface area contributed by atoms with E-state index in [0.717, 1.165) is 164 Å². The van der Waals surface area contributed by atoms with Crippen molar-refractivity contribution in [2.45, 2.75) is 129 Å². The van der Waals surface area contributed by atoms with E-state index in [-0.39, 0.29) is 5.78 Å². The molecule has 15 rings (SSSR count). The molecular weight excluding hydrogens is 1100 g/mol. The Bertz CT molecular complexity index is 3800. The Labute approximate surface area is 516 Å². The van der Waals surface area contributed by atoms with Crippen molar-refractivity contribution in [3.8, 4) is 0 Å². The zero-order chi connectivity index (χ0) is 59.9. The maximum Gasteiger partial charge on any atom is 0.230 e. The number of aromatic nitrogens is 11. The van der Waals surface area contributed by atoms with Crippen molar-refractivity contribution >= 4 is 91.1 Å². The summed E-state index contributed by atoms with van der Waals surface area (Å²) in [4.78, 5) is 56.9. The van der Waals surface area contributed by atoms with Gasteiger partial charge in [-0.25, -0.2) is 24.9 Å². The molecule has 0 bridgehead atoms. The highest BCUT2D eigenvalue weighted by Crippen LogP contribution is 2.38. The number of benzene rings is 1. The number of rotatable bonds is 13. The predicted molar refractivity (Wildman–Crippen MR) is 354 cm³/mol. The molecule has 460 valence electrons. The fourth-order valence-electron chi connectivity index (χ4n) is 14.0. The first kappa shape index (κ1) is 58.7. The second-order valence-electron chi connectivity index (χ2n) is 24.7. The average molecular weight is 1190 g/mol. The van der Waals surface area contributed by atoms with Gasteiger partial charge in [-0.15, -0.1) is 0 Å². The lowest BCUT2D eigenvalue weighted by Gasteiger charge is -2.29. The average Bonchev–Trinajstić information content (AvgIpc) is 2.26. The van der Waals surface area contributed by atoms with Gasteiger partial charge in [0.2, 0.25) is 17.8 Å². The van der Waals surface area contributed by atoms with Gasteiger partial charge in [0.25, 0.3) is 0 Å². The van der Waals surface area contributed by atoms with Gasteiger partial charge >= 0.3 is 0 Å². The summed E-state index contributed by atoms with van der Waals surface area (Å²) >= 11 is 0. The molecule has 88 heavy (non-hydrogen) atoms. The molecule has 6 aliphatic rings. The second kappa shape index (κ2) is 27.0. The molecule has 1 aromatic carbocycles. The van der Waals surface area contributed by atoms with Gasteiger partial charge in [-0.05, 0) is 125 Å². The smallest absolute Gasteiger partial charge is 0.230 e. The Morgan fingerprint density at radius 1 is 0.443 bits per heavy atom. The molecule has 0 radical (unpaired) electrons. The van der Waals surface area contributed by atoms with E-state index in [0.29, 0.717) is 36.0 Å². The number of fused-ring (bicyclic) bond motifs is 3. The number of carbonyl (C=O) groups excluding carboxylic acids is 1. The number of Topliss-reactive ketones (excluding diaryl/α,β-unsaturated/α-hetero) is 1. The Morgan fingerprint density at radius 2 is 0.841 bits per heavy atom. The number of anilines is 9. The van der Waals surface area contributed by atoms with Crippen LogP contribution >= 0.6 is 0 Å². The molecule has 3 saturated heterocycles. The van der Waals surface area contributed by atoms with Crippen LogP contribution in [-0.2, 0) is 0 Å². The zero-order valence-corrected chi connectivity index (χ0v) is 51.7. The number of nitrogens with zero attached hydrogens (tertiary/aromatic N) is 14. The number of hydrogen-bond donors (Lipinski definition) is 6. The van der Waals surface area contributed by atoms with E-state index >= 15 is 0 Å². The van der Waals surface area contributed by atoms with E-state index in [1.165, 1.54) is 87.4 Å². The third-order valence-corrected chi connectivity index (χ3v) is 18.8. The van der Waals surface area contributed by atoms with E-state index < -0.39 is 0 Å². The van der Waals surface area contributed by atoms with Gasteiger partial charge in [0.1, 0.15) is 28.6 Å². The molecule has 0 atom stereocenters. The van der Waals surface area contributed by atoms with Gasteiger partial charge in [-0.2, -0.15) is 15.0 Å². The predicted octanol–water partition coefficient (Wildman–Crippen LogP) is 11.4. The summed E-state index contributed by atoms with van der Waals surface area (Å²) in [6.45, 7) is 20.2. The molecule has 21 heteroatoms. The minimum Gasteiger partial charge on any atom is -0.369 e. The lowest BCUT2D eigenvalue weighted by molar-refractivity contribution is 0.100. The van der Waals surface area contributed by atoms with Crippen molar-refractivity contribution in [1.29, 1.82) is 0 Å². The van der Waals surface area contributed by atoms with Crippen LogP contribution in [-0.4, -0.2) is 138 Å². The molecule has 0 amide bonds. The van der Waals surface area contributed by atoms with Gasteiger partial charge < -0.3 is 60.3 Å². The minimum atomic E-state index is 0.0976. The third kappa shape index (κ3) is 13.1. The van der Waals surface area contributed by atoms with Gasteiger partial charge in [0.15, 0.2) is 5.78 Å². The first-order valence-corrected chi connectivity index (χ1v) is 32.4. The molecule has 3 aliphatic heterocycles. The molecule has 0 unspecified atom stereocenters. The number of hydrogen-bond acceptors (Lipinski definition) is 18. The van der Waals surface area contributed by atoms with Crippen LogP contribution in [0, 0.1) is 20.8 Å². The van der Waals surface area contributed by atoms with Gasteiger partial charge in [-0.3, -0.25) is 4.79 Å². The summed E-state index contributed by atoms with van der Waals surface area (Å²) in [5, 5.41) is 23.3. The molecule has 11 heterocycles. The first-order chi connectivity index (χ1) is 43.2. The topological polar surface area (TPSA) is 217 Å². The standard InChI is InChI=1S/C24H30N6O.C22H29N7.C21H27N7/c1-16-21-15-26-24(27-18-7-9-19(10-8-18)29-13-11-25-12-14-29)28-23(21)30(22(16)17(2)31)20-5-3-4-6-20;1-16-15-29(17-5-3-2-4-6-17)21-19(16)14-25-22(27-21)26-20-8-7-18(13-24-20)28-11-9-23-10-12-28;1-15-14-28(16-4-2-3-5-16)20-18(15)13-24-21(26-20)25-19-7-6-17(12-23-19)27-10-8-22-9-11-27/h7-10,15,20,25H,3-6,11-14H2,1-2H3,(H,26,27,28);7-8,13-15,17,23H,2-6,9-12H2,1H3,(H,24,25,26,27);6-7,12-14,16,22H,2-5,8-11H2,1H3,(H,23,24,25,26). The quantitative estimate of drug-likeness (QED) is 0.0592. The number of aryl methyl sites for hydroxylation is 3. The molecule has 0 spiro atoms. The monoisotopic (exact) mass is 1190 g/mol. The maximum atomic E-state index is 12.5. The molecule has 3 aliphatic carbocycles. The van der Waals surface area contributed by atoms with Crippen molar-refractivity contribution in [1.82, 2.24) is 69.5 Å². The van der Waals surface area contributed by atoms with Crippen molar-refractivity contribution in [3.05, 3.63) is 114 Å².